The maximum absolute atomic E-state index is 12.5. The van der Waals surface area contributed by atoms with E-state index in [-0.39, 0.29) is 28.7 Å². The minimum Gasteiger partial charge on any atom is -0.359 e. The van der Waals surface area contributed by atoms with Crippen molar-refractivity contribution in [1.29, 1.82) is 0 Å². The first-order valence-corrected chi connectivity index (χ1v) is 9.53. The van der Waals surface area contributed by atoms with Crippen LogP contribution in [-0.2, 0) is 19.6 Å². The van der Waals surface area contributed by atoms with Crippen LogP contribution in [0.2, 0.25) is 5.02 Å². The second-order valence-corrected chi connectivity index (χ2v) is 7.63. The van der Waals surface area contributed by atoms with E-state index in [9.17, 15) is 26.4 Å². The molecular weight excluding hydrogens is 397 g/mol. The summed E-state index contributed by atoms with van der Waals surface area (Å²) in [5.74, 6) is -0.881. The highest BCUT2D eigenvalue weighted by Gasteiger charge is 2.30. The summed E-state index contributed by atoms with van der Waals surface area (Å²) in [4.78, 5) is 11.9. The van der Waals surface area contributed by atoms with Crippen molar-refractivity contribution in [2.45, 2.75) is 37.9 Å². The van der Waals surface area contributed by atoms with Gasteiger partial charge in [0.05, 0.1) is 15.6 Å². The second kappa shape index (κ2) is 9.03. The van der Waals surface area contributed by atoms with Gasteiger partial charge in [-0.3, -0.25) is 4.79 Å². The van der Waals surface area contributed by atoms with Crippen molar-refractivity contribution in [2.24, 2.45) is 0 Å². The van der Waals surface area contributed by atoms with Gasteiger partial charge in [-0.1, -0.05) is 25.4 Å². The van der Waals surface area contributed by atoms with E-state index >= 15 is 0 Å². The first-order valence-electron chi connectivity index (χ1n) is 7.71. The standard InChI is InChI=1S/C15H20ClF3N2O4S/c1-4-21(5-2)26(23,24)11-6-7-12(16)13(8-11)20-14(22)10(3)25-9-15(17,18)19/h6-8,10H,4-5,9H2,1-3H3,(H,20,22). The number of carbonyl (C=O) groups is 1. The van der Waals surface area contributed by atoms with Gasteiger partial charge in [0.2, 0.25) is 10.0 Å². The van der Waals surface area contributed by atoms with Crippen LogP contribution >= 0.6 is 11.6 Å². The van der Waals surface area contributed by atoms with Crippen LogP contribution in [-0.4, -0.2) is 50.6 Å². The van der Waals surface area contributed by atoms with Crippen molar-refractivity contribution in [1.82, 2.24) is 4.31 Å². The van der Waals surface area contributed by atoms with Gasteiger partial charge in [-0.25, -0.2) is 8.42 Å². The van der Waals surface area contributed by atoms with Crippen molar-refractivity contribution in [2.75, 3.05) is 25.0 Å². The number of carbonyl (C=O) groups excluding carboxylic acids is 1. The van der Waals surface area contributed by atoms with E-state index in [0.717, 1.165) is 13.0 Å². The van der Waals surface area contributed by atoms with Crippen molar-refractivity contribution >= 4 is 33.2 Å². The number of nitrogens with zero attached hydrogens (tertiary/aromatic N) is 1. The van der Waals surface area contributed by atoms with Crippen LogP contribution in [0.5, 0.6) is 0 Å². The zero-order chi connectivity index (χ0) is 20.1. The zero-order valence-electron chi connectivity index (χ0n) is 14.4. The number of sulfonamides is 1. The monoisotopic (exact) mass is 416 g/mol. The molecule has 0 aromatic heterocycles. The molecule has 0 radical (unpaired) electrons. The van der Waals surface area contributed by atoms with Gasteiger partial charge >= 0.3 is 6.18 Å². The van der Waals surface area contributed by atoms with Crippen molar-refractivity contribution < 1.29 is 31.1 Å². The lowest BCUT2D eigenvalue weighted by Crippen LogP contribution is -2.32. The average molecular weight is 417 g/mol. The van der Waals surface area contributed by atoms with E-state index in [4.69, 9.17) is 11.6 Å². The maximum atomic E-state index is 12.5. The first-order chi connectivity index (χ1) is 11.9. The maximum Gasteiger partial charge on any atom is 0.411 e. The summed E-state index contributed by atoms with van der Waals surface area (Å²) < 4.78 is 67.1. The molecule has 1 N–H and O–H groups in total. The largest absolute Gasteiger partial charge is 0.411 e. The third-order valence-electron chi connectivity index (χ3n) is 3.41. The SMILES string of the molecule is CCN(CC)S(=O)(=O)c1ccc(Cl)c(NC(=O)C(C)OCC(F)(F)F)c1. The lowest BCUT2D eigenvalue weighted by molar-refractivity contribution is -0.184. The van der Waals surface area contributed by atoms with E-state index in [1.54, 1.807) is 13.8 Å². The highest BCUT2D eigenvalue weighted by Crippen LogP contribution is 2.27. The van der Waals surface area contributed by atoms with E-state index in [1.165, 1.54) is 16.4 Å². The molecule has 148 valence electrons. The third-order valence-corrected chi connectivity index (χ3v) is 5.78. The molecule has 1 rings (SSSR count). The van der Waals surface area contributed by atoms with Crippen molar-refractivity contribution in [3.05, 3.63) is 23.2 Å². The van der Waals surface area contributed by atoms with Crippen LogP contribution in [0.15, 0.2) is 23.1 Å². The van der Waals surface area contributed by atoms with E-state index < -0.39 is 34.8 Å². The number of nitrogens with one attached hydrogen (secondary N) is 1. The van der Waals surface area contributed by atoms with Gasteiger partial charge in [-0.15, -0.1) is 0 Å². The quantitative estimate of drug-likeness (QED) is 0.705. The Labute approximate surface area is 155 Å². The number of halogens is 4. The molecule has 0 saturated carbocycles. The predicted molar refractivity (Wildman–Crippen MR) is 91.7 cm³/mol. The van der Waals surface area contributed by atoms with Gasteiger partial charge in [0.25, 0.3) is 5.91 Å². The molecule has 6 nitrogen and oxygen atoms in total. The minimum absolute atomic E-state index is 0.0349. The topological polar surface area (TPSA) is 75.7 Å². The lowest BCUT2D eigenvalue weighted by atomic mass is 10.3. The molecule has 0 aliphatic heterocycles. The Bertz CT molecular complexity index is 737. The fourth-order valence-electron chi connectivity index (χ4n) is 2.00. The van der Waals surface area contributed by atoms with E-state index in [1.807, 2.05) is 0 Å². The van der Waals surface area contributed by atoms with Crippen molar-refractivity contribution in [3.63, 3.8) is 0 Å². The smallest absolute Gasteiger partial charge is 0.359 e. The molecule has 11 heteroatoms. The number of anilines is 1. The molecular formula is C15H20ClF3N2O4S. The van der Waals surface area contributed by atoms with Gasteiger partial charge in [0, 0.05) is 13.1 Å². The highest BCUT2D eigenvalue weighted by molar-refractivity contribution is 7.89. The highest BCUT2D eigenvalue weighted by atomic mass is 35.5. The van der Waals surface area contributed by atoms with Gasteiger partial charge in [-0.2, -0.15) is 17.5 Å². The Balaban J connectivity index is 2.99. The zero-order valence-corrected chi connectivity index (χ0v) is 16.0. The molecule has 0 spiro atoms. The molecule has 0 aliphatic carbocycles. The van der Waals surface area contributed by atoms with Crippen molar-refractivity contribution in [3.8, 4) is 0 Å². The summed E-state index contributed by atoms with van der Waals surface area (Å²) in [5, 5.41) is 2.33. The summed E-state index contributed by atoms with van der Waals surface area (Å²) in [7, 11) is -3.78. The van der Waals surface area contributed by atoms with Crippen LogP contribution < -0.4 is 5.32 Å². The van der Waals surface area contributed by atoms with Gasteiger partial charge in [-0.05, 0) is 25.1 Å². The number of benzene rings is 1. The number of amides is 1. The number of rotatable bonds is 8. The Hall–Kier alpha value is -1.36. The molecule has 0 bridgehead atoms. The Kier molecular flexibility index (Phi) is 7.87. The summed E-state index contributed by atoms with van der Waals surface area (Å²) in [6.07, 6.45) is -5.97. The molecule has 0 saturated heterocycles. The van der Waals surface area contributed by atoms with Crippen LogP contribution in [0.25, 0.3) is 0 Å². The van der Waals surface area contributed by atoms with Crippen LogP contribution in [0.4, 0.5) is 18.9 Å². The van der Waals surface area contributed by atoms with Crippen LogP contribution in [0, 0.1) is 0 Å². The summed E-state index contributed by atoms with van der Waals surface area (Å²) in [6, 6.07) is 3.73. The predicted octanol–water partition coefficient (Wildman–Crippen LogP) is 3.28. The van der Waals surface area contributed by atoms with Crippen LogP contribution in [0.3, 0.4) is 0 Å². The first kappa shape index (κ1) is 22.7. The summed E-state index contributed by atoms with van der Waals surface area (Å²) in [5.41, 5.74) is -0.0349. The molecule has 1 atom stereocenters. The third kappa shape index (κ3) is 6.11. The summed E-state index contributed by atoms with van der Waals surface area (Å²) in [6.45, 7) is 3.44. The fraction of sp³-hybridized carbons (Fsp3) is 0.533. The van der Waals surface area contributed by atoms with Gasteiger partial charge in [0.15, 0.2) is 0 Å². The van der Waals surface area contributed by atoms with E-state index in [0.29, 0.717) is 0 Å². The Morgan fingerprint density at radius 2 is 1.88 bits per heavy atom. The van der Waals surface area contributed by atoms with Gasteiger partial charge < -0.3 is 10.1 Å². The molecule has 26 heavy (non-hydrogen) atoms. The number of alkyl halides is 3. The Morgan fingerprint density at radius 1 is 1.31 bits per heavy atom. The molecule has 1 aromatic rings. The van der Waals surface area contributed by atoms with Gasteiger partial charge in [0.1, 0.15) is 12.7 Å². The molecule has 0 aliphatic rings. The normalized spacial score (nSPS) is 13.7. The molecule has 1 aromatic carbocycles. The minimum atomic E-state index is -4.57. The average Bonchev–Trinajstić information content (AvgIpc) is 2.54. The molecule has 1 amide bonds. The lowest BCUT2D eigenvalue weighted by Gasteiger charge is -2.20. The number of ether oxygens (including phenoxy) is 1. The number of hydrogen-bond acceptors (Lipinski definition) is 4. The summed E-state index contributed by atoms with van der Waals surface area (Å²) >= 11 is 5.95. The molecule has 1 unspecified atom stereocenters. The molecule has 0 heterocycles. The number of hydrogen-bond donors (Lipinski definition) is 1. The van der Waals surface area contributed by atoms with E-state index in [2.05, 4.69) is 10.1 Å². The van der Waals surface area contributed by atoms with Crippen LogP contribution in [0.1, 0.15) is 20.8 Å². The second-order valence-electron chi connectivity index (χ2n) is 5.29. The fourth-order valence-corrected chi connectivity index (χ4v) is 3.65. The Morgan fingerprint density at radius 3 is 2.38 bits per heavy atom. The molecule has 0 fully saturated rings.